The quantitative estimate of drug-likeness (QED) is 0.394. The molecule has 2 fully saturated rings. The maximum absolute atomic E-state index is 11.7. The summed E-state index contributed by atoms with van der Waals surface area (Å²) >= 11 is 0. The topological polar surface area (TPSA) is 71.1 Å². The number of carbonyl (C=O) groups excluding carboxylic acids is 2. The second kappa shape index (κ2) is 10.1. The van der Waals surface area contributed by atoms with Crippen molar-refractivity contribution in [2.45, 2.75) is 103 Å². The molecule has 0 saturated carbocycles. The summed E-state index contributed by atoms with van der Waals surface area (Å²) in [5.41, 5.74) is 0.369. The standard InChI is InChI=1S/C23H38O6/c1-16(2)9-10-19(28-18(4)24)17(3)8-7-12-22(5)20-11-13-23(29-20,15-27-22)14-21(25)26-6/h9,17,19-20H,7-8,10-15H2,1-6H3. The Kier molecular flexibility index (Phi) is 8.29. The van der Waals surface area contributed by atoms with Crippen molar-refractivity contribution >= 4 is 11.9 Å². The molecule has 0 aromatic rings. The summed E-state index contributed by atoms with van der Waals surface area (Å²) in [5.74, 6) is -0.211. The molecule has 2 aliphatic rings. The van der Waals surface area contributed by atoms with Crippen LogP contribution in [0.1, 0.15) is 79.6 Å². The Hall–Kier alpha value is -1.40. The molecule has 0 spiro atoms. The third-order valence-corrected chi connectivity index (χ3v) is 6.34. The predicted octanol–water partition coefficient (Wildman–Crippen LogP) is 4.35. The van der Waals surface area contributed by atoms with Crippen molar-refractivity contribution < 1.29 is 28.5 Å². The molecular weight excluding hydrogens is 372 g/mol. The second-order valence-electron chi connectivity index (χ2n) is 9.22. The predicted molar refractivity (Wildman–Crippen MR) is 110 cm³/mol. The molecule has 2 heterocycles. The van der Waals surface area contributed by atoms with Crippen molar-refractivity contribution in [1.29, 1.82) is 0 Å². The lowest BCUT2D eigenvalue weighted by Crippen LogP contribution is -2.53. The van der Waals surface area contributed by atoms with Crippen LogP contribution in [0.25, 0.3) is 0 Å². The van der Waals surface area contributed by atoms with Crippen molar-refractivity contribution in [2.75, 3.05) is 13.7 Å². The number of allylic oxidation sites excluding steroid dienone is 1. The van der Waals surface area contributed by atoms with Crippen LogP contribution >= 0.6 is 0 Å². The molecule has 0 aromatic heterocycles. The minimum atomic E-state index is -0.519. The van der Waals surface area contributed by atoms with Crippen molar-refractivity contribution in [3.8, 4) is 0 Å². The maximum Gasteiger partial charge on any atom is 0.308 e. The van der Waals surface area contributed by atoms with Crippen molar-refractivity contribution in [3.63, 3.8) is 0 Å². The van der Waals surface area contributed by atoms with E-state index in [9.17, 15) is 9.59 Å². The summed E-state index contributed by atoms with van der Waals surface area (Å²) in [4.78, 5) is 23.2. The highest BCUT2D eigenvalue weighted by molar-refractivity contribution is 5.70. The molecule has 2 aliphatic heterocycles. The fourth-order valence-electron chi connectivity index (χ4n) is 4.41. The van der Waals surface area contributed by atoms with Crippen LogP contribution in [0.15, 0.2) is 11.6 Å². The summed E-state index contributed by atoms with van der Waals surface area (Å²) in [7, 11) is 1.40. The Labute approximate surface area is 175 Å². The molecule has 5 atom stereocenters. The number of fused-ring (bicyclic) bond motifs is 2. The van der Waals surface area contributed by atoms with E-state index in [1.807, 2.05) is 0 Å². The third kappa shape index (κ3) is 6.54. The number of rotatable bonds is 10. The molecule has 0 amide bonds. The summed E-state index contributed by atoms with van der Waals surface area (Å²) < 4.78 is 22.9. The number of ether oxygens (including phenoxy) is 4. The van der Waals surface area contributed by atoms with E-state index in [1.165, 1.54) is 19.6 Å². The zero-order valence-electron chi connectivity index (χ0n) is 18.9. The van der Waals surface area contributed by atoms with Crippen LogP contribution in [-0.2, 0) is 28.5 Å². The SMILES string of the molecule is COC(=O)CC12CCC(O1)C(C)(CCCC(C)C(CC=C(C)C)OC(C)=O)OC2. The van der Waals surface area contributed by atoms with Gasteiger partial charge in [-0.05, 0) is 52.4 Å². The lowest BCUT2D eigenvalue weighted by molar-refractivity contribution is -0.243. The molecule has 6 nitrogen and oxygen atoms in total. The number of hydrogen-bond acceptors (Lipinski definition) is 6. The van der Waals surface area contributed by atoms with E-state index in [-0.39, 0.29) is 42.1 Å². The monoisotopic (exact) mass is 410 g/mol. The van der Waals surface area contributed by atoms with Crippen LogP contribution in [-0.4, -0.2) is 49.1 Å². The lowest BCUT2D eigenvalue weighted by Gasteiger charge is -2.44. The van der Waals surface area contributed by atoms with Crippen molar-refractivity contribution in [2.24, 2.45) is 5.92 Å². The summed E-state index contributed by atoms with van der Waals surface area (Å²) in [6.07, 6.45) is 7.57. The van der Waals surface area contributed by atoms with Gasteiger partial charge in [0, 0.05) is 13.3 Å². The van der Waals surface area contributed by atoms with E-state index in [2.05, 4.69) is 33.8 Å². The first-order valence-corrected chi connectivity index (χ1v) is 10.8. The van der Waals surface area contributed by atoms with Crippen molar-refractivity contribution in [1.82, 2.24) is 0 Å². The van der Waals surface area contributed by atoms with E-state index < -0.39 is 5.60 Å². The highest BCUT2D eigenvalue weighted by Gasteiger charge is 2.54. The first kappa shape index (κ1) is 23.9. The highest BCUT2D eigenvalue weighted by atomic mass is 16.6. The lowest BCUT2D eigenvalue weighted by atomic mass is 9.87. The van der Waals surface area contributed by atoms with Crippen LogP contribution in [0, 0.1) is 5.92 Å². The summed E-state index contributed by atoms with van der Waals surface area (Å²) in [6.45, 7) is 10.3. The molecule has 2 bridgehead atoms. The largest absolute Gasteiger partial charge is 0.469 e. The maximum atomic E-state index is 11.7. The van der Waals surface area contributed by atoms with Gasteiger partial charge >= 0.3 is 11.9 Å². The van der Waals surface area contributed by atoms with E-state index in [0.29, 0.717) is 6.61 Å². The minimum Gasteiger partial charge on any atom is -0.469 e. The van der Waals surface area contributed by atoms with Gasteiger partial charge in [0.25, 0.3) is 0 Å². The van der Waals surface area contributed by atoms with Crippen molar-refractivity contribution in [3.05, 3.63) is 11.6 Å². The third-order valence-electron chi connectivity index (χ3n) is 6.34. The van der Waals surface area contributed by atoms with Crippen LogP contribution in [0.2, 0.25) is 0 Å². The van der Waals surface area contributed by atoms with E-state index in [4.69, 9.17) is 18.9 Å². The van der Waals surface area contributed by atoms with Gasteiger partial charge < -0.3 is 18.9 Å². The molecule has 2 saturated heterocycles. The molecule has 5 unspecified atom stereocenters. The summed E-state index contributed by atoms with van der Waals surface area (Å²) in [6, 6.07) is 0. The van der Waals surface area contributed by atoms with Gasteiger partial charge in [-0.1, -0.05) is 25.0 Å². The van der Waals surface area contributed by atoms with Gasteiger partial charge in [0.1, 0.15) is 11.7 Å². The zero-order valence-corrected chi connectivity index (χ0v) is 18.9. The number of hydrogen-bond donors (Lipinski definition) is 0. The van der Waals surface area contributed by atoms with Gasteiger partial charge in [-0.15, -0.1) is 0 Å². The van der Waals surface area contributed by atoms with E-state index in [0.717, 1.165) is 38.5 Å². The van der Waals surface area contributed by atoms with Gasteiger partial charge in [0.2, 0.25) is 0 Å². The van der Waals surface area contributed by atoms with Crippen LogP contribution in [0.3, 0.4) is 0 Å². The van der Waals surface area contributed by atoms with Gasteiger partial charge in [-0.25, -0.2) is 0 Å². The number of methoxy groups -OCH3 is 1. The fourth-order valence-corrected chi connectivity index (χ4v) is 4.41. The van der Waals surface area contributed by atoms with Gasteiger partial charge in [0.15, 0.2) is 0 Å². The van der Waals surface area contributed by atoms with E-state index >= 15 is 0 Å². The average Bonchev–Trinajstić information content (AvgIpc) is 3.02. The summed E-state index contributed by atoms with van der Waals surface area (Å²) in [5, 5.41) is 0. The Balaban J connectivity index is 1.87. The molecule has 0 aliphatic carbocycles. The van der Waals surface area contributed by atoms with Crippen LogP contribution in [0.4, 0.5) is 0 Å². The van der Waals surface area contributed by atoms with Crippen LogP contribution < -0.4 is 0 Å². The Bertz CT molecular complexity index is 610. The van der Waals surface area contributed by atoms with Gasteiger partial charge in [-0.3, -0.25) is 9.59 Å². The molecule has 6 heteroatoms. The second-order valence-corrected chi connectivity index (χ2v) is 9.22. The Morgan fingerprint density at radius 1 is 1.28 bits per heavy atom. The normalized spacial score (nSPS) is 30.3. The minimum absolute atomic E-state index is 0.00570. The molecule has 2 rings (SSSR count). The first-order chi connectivity index (χ1) is 13.6. The first-order valence-electron chi connectivity index (χ1n) is 10.8. The molecule has 166 valence electrons. The average molecular weight is 411 g/mol. The highest BCUT2D eigenvalue weighted by Crippen LogP contribution is 2.46. The Morgan fingerprint density at radius 3 is 2.62 bits per heavy atom. The van der Waals surface area contributed by atoms with E-state index in [1.54, 1.807) is 0 Å². The molecule has 0 aromatic carbocycles. The Morgan fingerprint density at radius 2 is 2.00 bits per heavy atom. The smallest absolute Gasteiger partial charge is 0.308 e. The molecule has 29 heavy (non-hydrogen) atoms. The number of carbonyl (C=O) groups is 2. The van der Waals surface area contributed by atoms with Crippen LogP contribution in [0.5, 0.6) is 0 Å². The zero-order chi connectivity index (χ0) is 21.7. The fraction of sp³-hybridized carbons (Fsp3) is 0.826. The molecular formula is C23H38O6. The van der Waals surface area contributed by atoms with Gasteiger partial charge in [0.05, 0.1) is 31.8 Å². The molecule has 0 radical (unpaired) electrons. The van der Waals surface area contributed by atoms with Gasteiger partial charge in [-0.2, -0.15) is 0 Å². The molecule has 0 N–H and O–H groups in total. The number of esters is 2.